The molecule has 2 heterocycles. The van der Waals surface area contributed by atoms with E-state index in [1.807, 2.05) is 0 Å². The van der Waals surface area contributed by atoms with Crippen LogP contribution in [0.25, 0.3) is 11.1 Å². The summed E-state index contributed by atoms with van der Waals surface area (Å²) in [5.41, 5.74) is 8.46. The van der Waals surface area contributed by atoms with Crippen molar-refractivity contribution < 1.29 is 4.52 Å². The second-order valence-electron chi connectivity index (χ2n) is 8.25. The molecule has 0 spiro atoms. The SMILES string of the molecule is CC(C)C(C)(c1ccc(-c2cnc(N)nc2)cc1)c1noc(C2(C)CC2)n1. The van der Waals surface area contributed by atoms with Crippen LogP contribution >= 0.6 is 0 Å². The van der Waals surface area contributed by atoms with Gasteiger partial charge in [0.25, 0.3) is 0 Å². The Morgan fingerprint density at radius 3 is 2.26 bits per heavy atom. The number of benzene rings is 1. The van der Waals surface area contributed by atoms with Crippen molar-refractivity contribution in [3.63, 3.8) is 0 Å². The fraction of sp³-hybridized carbons (Fsp3) is 0.429. The molecule has 6 heteroatoms. The molecule has 1 unspecified atom stereocenters. The molecule has 27 heavy (non-hydrogen) atoms. The molecule has 0 amide bonds. The summed E-state index contributed by atoms with van der Waals surface area (Å²) in [7, 11) is 0. The maximum Gasteiger partial charge on any atom is 0.232 e. The zero-order valence-corrected chi connectivity index (χ0v) is 16.2. The lowest BCUT2D eigenvalue weighted by atomic mass is 9.72. The molecular formula is C21H25N5O. The maximum absolute atomic E-state index is 5.62. The minimum atomic E-state index is -0.330. The van der Waals surface area contributed by atoms with Crippen LogP contribution in [0.2, 0.25) is 0 Å². The lowest BCUT2D eigenvalue weighted by Gasteiger charge is -2.31. The van der Waals surface area contributed by atoms with E-state index in [0.717, 1.165) is 41.2 Å². The Hall–Kier alpha value is -2.76. The third-order valence-electron chi connectivity index (χ3n) is 6.05. The van der Waals surface area contributed by atoms with Crippen molar-refractivity contribution in [2.45, 2.75) is 51.4 Å². The molecule has 0 radical (unpaired) electrons. The summed E-state index contributed by atoms with van der Waals surface area (Å²) in [4.78, 5) is 12.9. The highest BCUT2D eigenvalue weighted by Crippen LogP contribution is 2.48. The van der Waals surface area contributed by atoms with E-state index in [1.54, 1.807) is 12.4 Å². The molecule has 0 saturated heterocycles. The summed E-state index contributed by atoms with van der Waals surface area (Å²) in [5, 5.41) is 4.36. The Bertz CT molecular complexity index is 941. The lowest BCUT2D eigenvalue weighted by Crippen LogP contribution is -2.31. The second kappa shape index (κ2) is 6.15. The Morgan fingerprint density at radius 2 is 1.70 bits per heavy atom. The highest BCUT2D eigenvalue weighted by atomic mass is 16.5. The topological polar surface area (TPSA) is 90.7 Å². The van der Waals surface area contributed by atoms with E-state index in [2.05, 4.69) is 67.1 Å². The average molecular weight is 363 g/mol. The number of aromatic nitrogens is 4. The Balaban J connectivity index is 1.69. The van der Waals surface area contributed by atoms with E-state index >= 15 is 0 Å². The summed E-state index contributed by atoms with van der Waals surface area (Å²) in [6.07, 6.45) is 5.71. The first-order valence-electron chi connectivity index (χ1n) is 9.36. The van der Waals surface area contributed by atoms with E-state index < -0.39 is 0 Å². The van der Waals surface area contributed by atoms with Crippen molar-refractivity contribution in [2.24, 2.45) is 5.92 Å². The molecule has 2 N–H and O–H groups in total. The zero-order valence-electron chi connectivity index (χ0n) is 16.2. The summed E-state index contributed by atoms with van der Waals surface area (Å²) in [6, 6.07) is 8.41. The van der Waals surface area contributed by atoms with Gasteiger partial charge in [-0.2, -0.15) is 4.98 Å². The van der Waals surface area contributed by atoms with Crippen molar-refractivity contribution in [1.29, 1.82) is 0 Å². The van der Waals surface area contributed by atoms with Crippen LogP contribution in [0.15, 0.2) is 41.2 Å². The molecule has 1 aromatic carbocycles. The van der Waals surface area contributed by atoms with Crippen molar-refractivity contribution >= 4 is 5.95 Å². The average Bonchev–Trinajstić information content (AvgIpc) is 3.21. The molecule has 6 nitrogen and oxygen atoms in total. The molecule has 0 aliphatic heterocycles. The molecule has 1 fully saturated rings. The van der Waals surface area contributed by atoms with Crippen LogP contribution in [0.5, 0.6) is 0 Å². The van der Waals surface area contributed by atoms with Gasteiger partial charge in [0.05, 0.1) is 5.41 Å². The van der Waals surface area contributed by atoms with Crippen LogP contribution in [0, 0.1) is 5.92 Å². The van der Waals surface area contributed by atoms with Crippen molar-refractivity contribution in [3.8, 4) is 11.1 Å². The van der Waals surface area contributed by atoms with Gasteiger partial charge in [-0.15, -0.1) is 0 Å². The van der Waals surface area contributed by atoms with E-state index in [1.165, 1.54) is 0 Å². The van der Waals surface area contributed by atoms with Crippen molar-refractivity contribution in [2.75, 3.05) is 5.73 Å². The summed E-state index contributed by atoms with van der Waals surface area (Å²) in [5.74, 6) is 2.10. The van der Waals surface area contributed by atoms with Crippen LogP contribution < -0.4 is 5.73 Å². The van der Waals surface area contributed by atoms with Gasteiger partial charge in [0.2, 0.25) is 11.8 Å². The van der Waals surface area contributed by atoms with Crippen LogP contribution in [0.1, 0.15) is 57.8 Å². The van der Waals surface area contributed by atoms with Crippen LogP contribution in [-0.4, -0.2) is 20.1 Å². The molecule has 140 valence electrons. The van der Waals surface area contributed by atoms with Gasteiger partial charge in [-0.3, -0.25) is 0 Å². The summed E-state index contributed by atoms with van der Waals surface area (Å²) in [6.45, 7) is 8.75. The lowest BCUT2D eigenvalue weighted by molar-refractivity contribution is 0.325. The largest absolute Gasteiger partial charge is 0.368 e. The predicted molar refractivity (Wildman–Crippen MR) is 104 cm³/mol. The van der Waals surface area contributed by atoms with Gasteiger partial charge in [-0.1, -0.05) is 50.2 Å². The Kier molecular flexibility index (Phi) is 4.02. The number of nitrogens with zero attached hydrogens (tertiary/aromatic N) is 4. The first kappa shape index (κ1) is 17.6. The highest BCUT2D eigenvalue weighted by Gasteiger charge is 2.46. The fourth-order valence-corrected chi connectivity index (χ4v) is 3.30. The molecule has 1 atom stereocenters. The van der Waals surface area contributed by atoms with Gasteiger partial charge in [0.1, 0.15) is 0 Å². The first-order chi connectivity index (χ1) is 12.8. The van der Waals surface area contributed by atoms with Crippen molar-refractivity contribution in [3.05, 3.63) is 53.9 Å². The second-order valence-corrected chi connectivity index (χ2v) is 8.25. The van der Waals surface area contributed by atoms with Crippen LogP contribution in [0.4, 0.5) is 5.95 Å². The van der Waals surface area contributed by atoms with Crippen molar-refractivity contribution in [1.82, 2.24) is 20.1 Å². The summed E-state index contributed by atoms with van der Waals surface area (Å²) >= 11 is 0. The number of nitrogens with two attached hydrogens (primary N) is 1. The third-order valence-corrected chi connectivity index (χ3v) is 6.05. The molecular weight excluding hydrogens is 338 g/mol. The van der Waals surface area contributed by atoms with Gasteiger partial charge in [0.15, 0.2) is 5.82 Å². The van der Waals surface area contributed by atoms with E-state index in [-0.39, 0.29) is 16.8 Å². The molecule has 1 saturated carbocycles. The zero-order chi connectivity index (χ0) is 19.2. The molecule has 4 rings (SSSR count). The number of hydrogen-bond acceptors (Lipinski definition) is 6. The standard InChI is InChI=1S/C21H25N5O/c1-13(2)21(4,17-25-18(27-26-17)20(3)9-10-20)16-7-5-14(6-8-16)15-11-23-19(22)24-12-15/h5-8,11-13H,9-10H2,1-4H3,(H2,22,23,24). The number of hydrogen-bond donors (Lipinski definition) is 1. The Morgan fingerprint density at radius 1 is 1.07 bits per heavy atom. The summed E-state index contributed by atoms with van der Waals surface area (Å²) < 4.78 is 5.62. The fourth-order valence-electron chi connectivity index (χ4n) is 3.30. The smallest absolute Gasteiger partial charge is 0.232 e. The van der Waals surface area contributed by atoms with E-state index in [0.29, 0.717) is 5.92 Å². The number of rotatable bonds is 5. The molecule has 3 aromatic rings. The molecule has 1 aliphatic carbocycles. The van der Waals surface area contributed by atoms with Gasteiger partial charge < -0.3 is 10.3 Å². The minimum absolute atomic E-state index is 0.0716. The van der Waals surface area contributed by atoms with Gasteiger partial charge >= 0.3 is 0 Å². The number of nitrogen functional groups attached to an aromatic ring is 1. The monoisotopic (exact) mass is 363 g/mol. The predicted octanol–water partition coefficient (Wildman–Crippen LogP) is 4.12. The normalized spacial score (nSPS) is 17.7. The molecule has 0 bridgehead atoms. The van der Waals surface area contributed by atoms with Gasteiger partial charge in [-0.25, -0.2) is 9.97 Å². The van der Waals surface area contributed by atoms with E-state index in [4.69, 9.17) is 15.2 Å². The van der Waals surface area contributed by atoms with Gasteiger partial charge in [-0.05, 0) is 36.8 Å². The molecule has 2 aromatic heterocycles. The highest BCUT2D eigenvalue weighted by molar-refractivity contribution is 5.62. The molecule has 1 aliphatic rings. The van der Waals surface area contributed by atoms with Crippen LogP contribution in [-0.2, 0) is 10.8 Å². The first-order valence-corrected chi connectivity index (χ1v) is 9.36. The third kappa shape index (κ3) is 2.99. The minimum Gasteiger partial charge on any atom is -0.368 e. The number of anilines is 1. The maximum atomic E-state index is 5.62. The quantitative estimate of drug-likeness (QED) is 0.733. The van der Waals surface area contributed by atoms with Crippen LogP contribution in [0.3, 0.4) is 0 Å². The van der Waals surface area contributed by atoms with E-state index in [9.17, 15) is 0 Å². The Labute approximate surface area is 159 Å². The van der Waals surface area contributed by atoms with Gasteiger partial charge in [0, 0.05) is 23.4 Å².